The van der Waals surface area contributed by atoms with Gasteiger partial charge in [-0.2, -0.15) is 0 Å². The molecule has 1 N–H and O–H groups in total. The number of aromatic nitrogens is 1. The lowest BCUT2D eigenvalue weighted by Gasteiger charge is -2.25. The van der Waals surface area contributed by atoms with E-state index in [-0.39, 0.29) is 6.03 Å². The zero-order valence-electron chi connectivity index (χ0n) is 13.3. The fourth-order valence-corrected chi connectivity index (χ4v) is 3.25. The molecule has 0 bridgehead atoms. The summed E-state index contributed by atoms with van der Waals surface area (Å²) in [6, 6.07) is 3.98. The van der Waals surface area contributed by atoms with Gasteiger partial charge in [0.05, 0.1) is 11.9 Å². The quantitative estimate of drug-likeness (QED) is 0.910. The second-order valence-electron chi connectivity index (χ2n) is 6.28. The van der Waals surface area contributed by atoms with E-state index < -0.39 is 0 Å². The summed E-state index contributed by atoms with van der Waals surface area (Å²) in [5.74, 6) is 1.02. The van der Waals surface area contributed by atoms with Crippen molar-refractivity contribution in [2.75, 3.05) is 36.4 Å². The van der Waals surface area contributed by atoms with Gasteiger partial charge < -0.3 is 15.1 Å². The zero-order valence-corrected chi connectivity index (χ0v) is 13.3. The maximum Gasteiger partial charge on any atom is 0.321 e. The third-order valence-electron chi connectivity index (χ3n) is 4.57. The molecule has 0 aromatic carbocycles. The molecule has 22 heavy (non-hydrogen) atoms. The smallest absolute Gasteiger partial charge is 0.321 e. The Morgan fingerprint density at radius 1 is 0.909 bits per heavy atom. The van der Waals surface area contributed by atoms with Crippen LogP contribution in [0.5, 0.6) is 0 Å². The summed E-state index contributed by atoms with van der Waals surface area (Å²) in [5, 5.41) is 2.98. The average Bonchev–Trinajstić information content (AvgIpc) is 3.01. The van der Waals surface area contributed by atoms with E-state index in [2.05, 4.69) is 15.2 Å². The van der Waals surface area contributed by atoms with E-state index in [1.807, 2.05) is 17.0 Å². The average molecular weight is 302 g/mol. The molecule has 2 aliphatic heterocycles. The number of amides is 2. The van der Waals surface area contributed by atoms with Crippen molar-refractivity contribution in [3.63, 3.8) is 0 Å². The number of hydrogen-bond donors (Lipinski definition) is 1. The number of hydrogen-bond acceptors (Lipinski definition) is 3. The van der Waals surface area contributed by atoms with Crippen molar-refractivity contribution in [2.24, 2.45) is 0 Å². The highest BCUT2D eigenvalue weighted by molar-refractivity contribution is 5.89. The first-order chi connectivity index (χ1) is 10.8. The molecule has 120 valence electrons. The Balaban J connectivity index is 1.56. The standard InChI is InChI=1S/C17H26N4O/c22-17(21-12-4-2-1-3-5-13-21)19-15-8-9-16(18-14-15)20-10-6-7-11-20/h8-9,14H,1-7,10-13H2,(H,19,22). The highest BCUT2D eigenvalue weighted by Gasteiger charge is 2.16. The summed E-state index contributed by atoms with van der Waals surface area (Å²) in [5.41, 5.74) is 0.787. The minimum atomic E-state index is 0.0117. The Kier molecular flexibility index (Phi) is 5.14. The fourth-order valence-electron chi connectivity index (χ4n) is 3.25. The van der Waals surface area contributed by atoms with E-state index >= 15 is 0 Å². The van der Waals surface area contributed by atoms with Crippen LogP contribution >= 0.6 is 0 Å². The molecule has 0 radical (unpaired) electrons. The maximum absolute atomic E-state index is 12.4. The largest absolute Gasteiger partial charge is 0.357 e. The number of nitrogens with one attached hydrogen (secondary N) is 1. The van der Waals surface area contributed by atoms with Gasteiger partial charge in [0.15, 0.2) is 0 Å². The molecule has 2 fully saturated rings. The fraction of sp³-hybridized carbons (Fsp3) is 0.647. The zero-order chi connectivity index (χ0) is 15.2. The van der Waals surface area contributed by atoms with E-state index in [1.165, 1.54) is 32.1 Å². The molecular formula is C17H26N4O. The van der Waals surface area contributed by atoms with E-state index in [9.17, 15) is 4.79 Å². The van der Waals surface area contributed by atoms with E-state index in [1.54, 1.807) is 6.20 Å². The minimum absolute atomic E-state index is 0.0117. The van der Waals surface area contributed by atoms with Crippen molar-refractivity contribution in [2.45, 2.75) is 44.9 Å². The number of anilines is 2. The Labute approximate surface area is 132 Å². The van der Waals surface area contributed by atoms with Crippen LogP contribution in [0.1, 0.15) is 44.9 Å². The molecule has 3 heterocycles. The van der Waals surface area contributed by atoms with Gasteiger partial charge >= 0.3 is 6.03 Å². The second kappa shape index (κ2) is 7.47. The first-order valence-corrected chi connectivity index (χ1v) is 8.60. The van der Waals surface area contributed by atoms with E-state index in [0.29, 0.717) is 0 Å². The van der Waals surface area contributed by atoms with Crippen LogP contribution in [0, 0.1) is 0 Å². The van der Waals surface area contributed by atoms with Crippen LogP contribution in [-0.2, 0) is 0 Å². The van der Waals surface area contributed by atoms with Crippen molar-refractivity contribution in [3.05, 3.63) is 18.3 Å². The number of carbonyl (C=O) groups excluding carboxylic acids is 1. The molecule has 0 unspecified atom stereocenters. The number of nitrogens with zero attached hydrogens (tertiary/aromatic N) is 3. The Morgan fingerprint density at radius 2 is 1.55 bits per heavy atom. The lowest BCUT2D eigenvalue weighted by molar-refractivity contribution is 0.206. The number of rotatable bonds is 2. The van der Waals surface area contributed by atoms with Gasteiger partial charge in [-0.05, 0) is 37.8 Å². The number of urea groups is 1. The van der Waals surface area contributed by atoms with Crippen LogP contribution in [0.2, 0.25) is 0 Å². The SMILES string of the molecule is O=C(Nc1ccc(N2CCCC2)nc1)N1CCCCCCC1. The summed E-state index contributed by atoms with van der Waals surface area (Å²) >= 11 is 0. The maximum atomic E-state index is 12.4. The van der Waals surface area contributed by atoms with Gasteiger partial charge in [0.2, 0.25) is 0 Å². The van der Waals surface area contributed by atoms with Gasteiger partial charge in [0.25, 0.3) is 0 Å². The summed E-state index contributed by atoms with van der Waals surface area (Å²) < 4.78 is 0. The number of carbonyl (C=O) groups is 1. The van der Waals surface area contributed by atoms with Gasteiger partial charge in [-0.15, -0.1) is 0 Å². The molecule has 0 atom stereocenters. The van der Waals surface area contributed by atoms with Crippen molar-refractivity contribution in [1.29, 1.82) is 0 Å². The number of pyridine rings is 1. The van der Waals surface area contributed by atoms with E-state index in [0.717, 1.165) is 50.5 Å². The molecular weight excluding hydrogens is 276 g/mol. The molecule has 3 rings (SSSR count). The van der Waals surface area contributed by atoms with Crippen LogP contribution < -0.4 is 10.2 Å². The molecule has 2 amide bonds. The topological polar surface area (TPSA) is 48.5 Å². The van der Waals surface area contributed by atoms with Crippen molar-refractivity contribution < 1.29 is 4.79 Å². The van der Waals surface area contributed by atoms with Crippen LogP contribution in [0.4, 0.5) is 16.3 Å². The summed E-state index contributed by atoms with van der Waals surface area (Å²) in [6.45, 7) is 3.91. The summed E-state index contributed by atoms with van der Waals surface area (Å²) in [7, 11) is 0. The van der Waals surface area contributed by atoms with Gasteiger partial charge in [-0.1, -0.05) is 19.3 Å². The van der Waals surface area contributed by atoms with Crippen LogP contribution in [0.25, 0.3) is 0 Å². The van der Waals surface area contributed by atoms with Crippen molar-refractivity contribution >= 4 is 17.5 Å². The normalized spacial score (nSPS) is 19.6. The lowest BCUT2D eigenvalue weighted by Crippen LogP contribution is -2.37. The van der Waals surface area contributed by atoms with Gasteiger partial charge in [-0.3, -0.25) is 0 Å². The first kappa shape index (κ1) is 15.1. The molecule has 1 aromatic heterocycles. The molecule has 1 aromatic rings. The Bertz CT molecular complexity index is 474. The van der Waals surface area contributed by atoms with Crippen LogP contribution in [-0.4, -0.2) is 42.1 Å². The van der Waals surface area contributed by atoms with Gasteiger partial charge in [0.1, 0.15) is 5.82 Å². The Morgan fingerprint density at radius 3 is 2.18 bits per heavy atom. The second-order valence-corrected chi connectivity index (χ2v) is 6.28. The minimum Gasteiger partial charge on any atom is -0.357 e. The molecule has 0 saturated carbocycles. The third-order valence-corrected chi connectivity index (χ3v) is 4.57. The third kappa shape index (κ3) is 3.90. The summed E-state index contributed by atoms with van der Waals surface area (Å²) in [4.78, 5) is 21.1. The molecule has 0 aliphatic carbocycles. The first-order valence-electron chi connectivity index (χ1n) is 8.60. The molecule has 0 spiro atoms. The molecule has 2 aliphatic rings. The van der Waals surface area contributed by atoms with Crippen LogP contribution in [0.3, 0.4) is 0 Å². The van der Waals surface area contributed by atoms with E-state index in [4.69, 9.17) is 0 Å². The lowest BCUT2D eigenvalue weighted by atomic mass is 10.1. The van der Waals surface area contributed by atoms with Gasteiger partial charge in [-0.25, -0.2) is 9.78 Å². The molecule has 2 saturated heterocycles. The highest BCUT2D eigenvalue weighted by Crippen LogP contribution is 2.19. The monoisotopic (exact) mass is 302 g/mol. The molecule has 5 heteroatoms. The Hall–Kier alpha value is -1.78. The van der Waals surface area contributed by atoms with Crippen molar-refractivity contribution in [1.82, 2.24) is 9.88 Å². The van der Waals surface area contributed by atoms with Crippen LogP contribution in [0.15, 0.2) is 18.3 Å². The highest BCUT2D eigenvalue weighted by atomic mass is 16.2. The molecule has 5 nitrogen and oxygen atoms in total. The summed E-state index contributed by atoms with van der Waals surface area (Å²) in [6.07, 6.45) is 10.3. The van der Waals surface area contributed by atoms with Gasteiger partial charge in [0, 0.05) is 26.2 Å². The van der Waals surface area contributed by atoms with Crippen molar-refractivity contribution in [3.8, 4) is 0 Å². The predicted molar refractivity (Wildman–Crippen MR) is 89.4 cm³/mol. The number of likely N-dealkylation sites (tertiary alicyclic amines) is 1. The predicted octanol–water partition coefficient (Wildman–Crippen LogP) is 3.48.